The summed E-state index contributed by atoms with van der Waals surface area (Å²) < 4.78 is 0. The molecule has 2 aliphatic rings. The van der Waals surface area contributed by atoms with Gasteiger partial charge in [0.25, 0.3) is 5.91 Å². The topological polar surface area (TPSA) is 44.4 Å². The van der Waals surface area contributed by atoms with Crippen molar-refractivity contribution in [2.45, 2.75) is 25.9 Å². The SMILES string of the molecule is Cc1cccc(CNC(=O)c2ccc3c(c2)CCN2CCNC[C@@H]32)c1. The van der Waals surface area contributed by atoms with Gasteiger partial charge in [-0.1, -0.05) is 35.9 Å². The zero-order valence-electron chi connectivity index (χ0n) is 14.7. The van der Waals surface area contributed by atoms with Crippen LogP contribution in [0.2, 0.25) is 0 Å². The summed E-state index contributed by atoms with van der Waals surface area (Å²) in [5.74, 6) is 0.00787. The zero-order valence-corrected chi connectivity index (χ0v) is 14.7. The highest BCUT2D eigenvalue weighted by molar-refractivity contribution is 5.94. The molecule has 4 nitrogen and oxygen atoms in total. The summed E-state index contributed by atoms with van der Waals surface area (Å²) in [6.45, 7) is 6.92. The Hall–Kier alpha value is -2.17. The van der Waals surface area contributed by atoms with Crippen molar-refractivity contribution in [1.29, 1.82) is 0 Å². The molecule has 2 aromatic carbocycles. The van der Waals surface area contributed by atoms with Gasteiger partial charge < -0.3 is 10.6 Å². The van der Waals surface area contributed by atoms with Gasteiger partial charge in [0, 0.05) is 44.3 Å². The molecule has 2 heterocycles. The predicted octanol–water partition coefficient (Wildman–Crippen LogP) is 2.43. The molecule has 4 heteroatoms. The molecule has 0 radical (unpaired) electrons. The summed E-state index contributed by atoms with van der Waals surface area (Å²) in [6, 6.07) is 14.9. The van der Waals surface area contributed by atoms with Crippen LogP contribution < -0.4 is 10.6 Å². The van der Waals surface area contributed by atoms with Crippen molar-refractivity contribution in [2.75, 3.05) is 26.2 Å². The third-order valence-electron chi connectivity index (χ3n) is 5.32. The van der Waals surface area contributed by atoms with Crippen LogP contribution in [-0.4, -0.2) is 37.0 Å². The van der Waals surface area contributed by atoms with Crippen LogP contribution in [0.3, 0.4) is 0 Å². The molecule has 130 valence electrons. The van der Waals surface area contributed by atoms with Crippen LogP contribution in [0.4, 0.5) is 0 Å². The fraction of sp³-hybridized carbons (Fsp3) is 0.381. The fourth-order valence-corrected chi connectivity index (χ4v) is 3.98. The summed E-state index contributed by atoms with van der Waals surface area (Å²) in [6.07, 6.45) is 1.03. The average molecular weight is 335 g/mol. The van der Waals surface area contributed by atoms with Crippen molar-refractivity contribution in [2.24, 2.45) is 0 Å². The van der Waals surface area contributed by atoms with Crippen molar-refractivity contribution in [3.05, 3.63) is 70.3 Å². The van der Waals surface area contributed by atoms with Gasteiger partial charge in [-0.25, -0.2) is 0 Å². The second-order valence-electron chi connectivity index (χ2n) is 7.09. The molecule has 2 N–H and O–H groups in total. The molecule has 0 bridgehead atoms. The summed E-state index contributed by atoms with van der Waals surface area (Å²) in [7, 11) is 0. The Morgan fingerprint density at radius 1 is 1.24 bits per heavy atom. The lowest BCUT2D eigenvalue weighted by Gasteiger charge is -2.41. The normalized spacial score (nSPS) is 19.8. The highest BCUT2D eigenvalue weighted by atomic mass is 16.1. The summed E-state index contributed by atoms with van der Waals surface area (Å²) in [5, 5.41) is 6.53. The number of benzene rings is 2. The van der Waals surface area contributed by atoms with Crippen molar-refractivity contribution < 1.29 is 4.79 Å². The van der Waals surface area contributed by atoms with Crippen LogP contribution in [0.25, 0.3) is 0 Å². The van der Waals surface area contributed by atoms with Crippen LogP contribution in [0.5, 0.6) is 0 Å². The summed E-state index contributed by atoms with van der Waals surface area (Å²) in [4.78, 5) is 15.1. The maximum Gasteiger partial charge on any atom is 0.251 e. The minimum Gasteiger partial charge on any atom is -0.348 e. The molecule has 25 heavy (non-hydrogen) atoms. The number of fused-ring (bicyclic) bond motifs is 3. The van der Waals surface area contributed by atoms with Gasteiger partial charge in [-0.15, -0.1) is 0 Å². The van der Waals surface area contributed by atoms with Crippen LogP contribution in [0.15, 0.2) is 42.5 Å². The van der Waals surface area contributed by atoms with Crippen LogP contribution in [0, 0.1) is 6.92 Å². The molecule has 0 unspecified atom stereocenters. The highest BCUT2D eigenvalue weighted by Gasteiger charge is 2.29. The van der Waals surface area contributed by atoms with E-state index in [9.17, 15) is 4.79 Å². The van der Waals surface area contributed by atoms with Gasteiger partial charge in [0.2, 0.25) is 0 Å². The second kappa shape index (κ2) is 6.98. The largest absolute Gasteiger partial charge is 0.348 e. The Bertz CT molecular complexity index is 786. The number of aryl methyl sites for hydroxylation is 1. The molecule has 2 aromatic rings. The standard InChI is InChI=1S/C21H25N3O/c1-15-3-2-4-16(11-15)13-23-21(25)18-5-6-19-17(12-18)7-9-24-10-8-22-14-20(19)24/h2-6,11-12,20,22H,7-10,13-14H2,1H3,(H,23,25)/t20-/m0/s1. The summed E-state index contributed by atoms with van der Waals surface area (Å²) >= 11 is 0. The van der Waals surface area contributed by atoms with Gasteiger partial charge in [0.05, 0.1) is 0 Å². The Morgan fingerprint density at radius 2 is 2.16 bits per heavy atom. The molecule has 2 aliphatic heterocycles. The molecule has 0 aromatic heterocycles. The number of carbonyl (C=O) groups excluding carboxylic acids is 1. The Labute approximate surface area is 149 Å². The van der Waals surface area contributed by atoms with Crippen LogP contribution in [0.1, 0.15) is 38.7 Å². The van der Waals surface area contributed by atoms with Gasteiger partial charge in [-0.05, 0) is 42.2 Å². The fourth-order valence-electron chi connectivity index (χ4n) is 3.98. The first-order valence-corrected chi connectivity index (χ1v) is 9.12. The number of carbonyl (C=O) groups is 1. The van der Waals surface area contributed by atoms with Crippen molar-refractivity contribution in [1.82, 2.24) is 15.5 Å². The van der Waals surface area contributed by atoms with E-state index in [0.717, 1.165) is 43.7 Å². The van der Waals surface area contributed by atoms with Crippen molar-refractivity contribution >= 4 is 5.91 Å². The van der Waals surface area contributed by atoms with E-state index in [0.29, 0.717) is 12.6 Å². The van der Waals surface area contributed by atoms with E-state index in [1.165, 1.54) is 16.7 Å². The van der Waals surface area contributed by atoms with E-state index in [2.05, 4.69) is 46.7 Å². The minimum absolute atomic E-state index is 0.00787. The predicted molar refractivity (Wildman–Crippen MR) is 99.7 cm³/mol. The van der Waals surface area contributed by atoms with E-state index < -0.39 is 0 Å². The third kappa shape index (κ3) is 3.46. The maximum absolute atomic E-state index is 12.5. The van der Waals surface area contributed by atoms with Gasteiger partial charge in [0.15, 0.2) is 0 Å². The Kier molecular flexibility index (Phi) is 4.55. The molecule has 0 aliphatic carbocycles. The van der Waals surface area contributed by atoms with E-state index in [1.807, 2.05) is 18.2 Å². The van der Waals surface area contributed by atoms with E-state index in [-0.39, 0.29) is 5.91 Å². The lowest BCUT2D eigenvalue weighted by atomic mass is 9.90. The van der Waals surface area contributed by atoms with Crippen molar-refractivity contribution in [3.63, 3.8) is 0 Å². The highest BCUT2D eigenvalue weighted by Crippen LogP contribution is 2.31. The number of hydrogen-bond acceptors (Lipinski definition) is 3. The number of nitrogens with one attached hydrogen (secondary N) is 2. The van der Waals surface area contributed by atoms with Gasteiger partial charge in [0.1, 0.15) is 0 Å². The van der Waals surface area contributed by atoms with Crippen LogP contribution in [-0.2, 0) is 13.0 Å². The van der Waals surface area contributed by atoms with Gasteiger partial charge >= 0.3 is 0 Å². The van der Waals surface area contributed by atoms with Gasteiger partial charge in [-0.3, -0.25) is 9.69 Å². The number of rotatable bonds is 3. The van der Waals surface area contributed by atoms with E-state index >= 15 is 0 Å². The molecular formula is C21H25N3O. The molecular weight excluding hydrogens is 310 g/mol. The number of nitrogens with zero attached hydrogens (tertiary/aromatic N) is 1. The maximum atomic E-state index is 12.5. The average Bonchev–Trinajstić information content (AvgIpc) is 2.65. The second-order valence-corrected chi connectivity index (χ2v) is 7.09. The molecule has 0 saturated carbocycles. The number of piperazine rings is 1. The first-order valence-electron chi connectivity index (χ1n) is 9.12. The first-order chi connectivity index (χ1) is 12.2. The molecule has 4 rings (SSSR count). The lowest BCUT2D eigenvalue weighted by Crippen LogP contribution is -2.48. The Balaban J connectivity index is 1.47. The number of amides is 1. The van der Waals surface area contributed by atoms with Crippen LogP contribution >= 0.6 is 0 Å². The molecule has 1 amide bonds. The zero-order chi connectivity index (χ0) is 17.2. The smallest absolute Gasteiger partial charge is 0.251 e. The first kappa shape index (κ1) is 16.3. The quantitative estimate of drug-likeness (QED) is 0.905. The molecule has 1 saturated heterocycles. The molecule has 0 spiro atoms. The van der Waals surface area contributed by atoms with Gasteiger partial charge in [-0.2, -0.15) is 0 Å². The molecule has 1 fully saturated rings. The lowest BCUT2D eigenvalue weighted by molar-refractivity contribution is 0.0950. The minimum atomic E-state index is 0.00787. The van der Waals surface area contributed by atoms with Crippen molar-refractivity contribution in [3.8, 4) is 0 Å². The Morgan fingerprint density at radius 3 is 3.04 bits per heavy atom. The molecule has 1 atom stereocenters. The van der Waals surface area contributed by atoms with E-state index in [4.69, 9.17) is 0 Å². The third-order valence-corrected chi connectivity index (χ3v) is 5.32. The number of hydrogen-bond donors (Lipinski definition) is 2. The van der Waals surface area contributed by atoms with E-state index in [1.54, 1.807) is 0 Å². The summed E-state index contributed by atoms with van der Waals surface area (Å²) in [5.41, 5.74) is 5.83. The monoisotopic (exact) mass is 335 g/mol.